The number of piperidine rings is 1. The first kappa shape index (κ1) is 16.1. The molecule has 6 heteroatoms. The van der Waals surface area contributed by atoms with E-state index < -0.39 is 5.97 Å². The second kappa shape index (κ2) is 6.66. The average molecular weight is 358 g/mol. The van der Waals surface area contributed by atoms with Crippen molar-refractivity contribution in [1.29, 1.82) is 0 Å². The van der Waals surface area contributed by atoms with Gasteiger partial charge in [0.05, 0.1) is 13.0 Å². The molecule has 1 aromatic carbocycles. The van der Waals surface area contributed by atoms with Gasteiger partial charge in [-0.25, -0.2) is 0 Å². The lowest BCUT2D eigenvalue weighted by Crippen LogP contribution is -2.45. The molecule has 2 N–H and O–H groups in total. The monoisotopic (exact) mass is 357 g/mol. The van der Waals surface area contributed by atoms with E-state index in [-0.39, 0.29) is 17.7 Å². The lowest BCUT2D eigenvalue weighted by Gasteiger charge is -2.37. The van der Waals surface area contributed by atoms with Crippen molar-refractivity contribution >= 4 is 21.9 Å². The summed E-state index contributed by atoms with van der Waals surface area (Å²) in [6, 6.07) is 3.38. The molecule has 0 radical (unpaired) electrons. The van der Waals surface area contributed by atoms with E-state index >= 15 is 0 Å². The zero-order valence-corrected chi connectivity index (χ0v) is 13.8. The van der Waals surface area contributed by atoms with Gasteiger partial charge in [-0.15, -0.1) is 0 Å². The average Bonchev–Trinajstić information content (AvgIpc) is 2.44. The molecule has 1 saturated heterocycles. The SMILES string of the molecule is COc1cc(Br)c(CN2CCC[C@H](C(=O)O)[C@@H]2C)cc1O. The van der Waals surface area contributed by atoms with E-state index in [4.69, 9.17) is 4.74 Å². The number of aromatic hydroxyl groups is 1. The minimum absolute atomic E-state index is 0.0209. The number of likely N-dealkylation sites (tertiary alicyclic amines) is 1. The van der Waals surface area contributed by atoms with Gasteiger partial charge in [-0.3, -0.25) is 9.69 Å². The smallest absolute Gasteiger partial charge is 0.308 e. The lowest BCUT2D eigenvalue weighted by atomic mass is 9.90. The van der Waals surface area contributed by atoms with Gasteiger partial charge in [-0.2, -0.15) is 0 Å². The first-order valence-corrected chi connectivity index (χ1v) is 7.75. The van der Waals surface area contributed by atoms with E-state index in [1.54, 1.807) is 12.1 Å². The minimum Gasteiger partial charge on any atom is -0.504 e. The number of rotatable bonds is 4. The highest BCUT2D eigenvalue weighted by atomic mass is 79.9. The largest absolute Gasteiger partial charge is 0.504 e. The maximum atomic E-state index is 11.3. The molecule has 0 saturated carbocycles. The summed E-state index contributed by atoms with van der Waals surface area (Å²) in [5.41, 5.74) is 0.922. The van der Waals surface area contributed by atoms with Gasteiger partial charge in [-0.05, 0) is 44.0 Å². The van der Waals surface area contributed by atoms with E-state index in [0.717, 1.165) is 29.4 Å². The molecule has 1 aromatic rings. The Balaban J connectivity index is 2.17. The first-order chi connectivity index (χ1) is 9.93. The summed E-state index contributed by atoms with van der Waals surface area (Å²) in [5.74, 6) is -0.552. The number of phenolic OH excluding ortho intramolecular Hbond substituents is 1. The minimum atomic E-state index is -0.733. The van der Waals surface area contributed by atoms with Crippen LogP contribution in [0.3, 0.4) is 0 Å². The fourth-order valence-electron chi connectivity index (χ4n) is 2.86. The van der Waals surface area contributed by atoms with Crippen molar-refractivity contribution in [1.82, 2.24) is 4.90 Å². The van der Waals surface area contributed by atoms with Crippen molar-refractivity contribution in [2.75, 3.05) is 13.7 Å². The standard InChI is InChI=1S/C15H20BrNO4/c1-9-11(15(19)20)4-3-5-17(9)8-10-6-13(18)14(21-2)7-12(10)16/h6-7,9,11,18H,3-5,8H2,1-2H3,(H,19,20)/t9-,11-/m0/s1. The highest BCUT2D eigenvalue weighted by molar-refractivity contribution is 9.10. The fourth-order valence-corrected chi connectivity index (χ4v) is 3.30. The first-order valence-electron chi connectivity index (χ1n) is 6.96. The van der Waals surface area contributed by atoms with Crippen LogP contribution in [0.5, 0.6) is 11.5 Å². The van der Waals surface area contributed by atoms with Gasteiger partial charge in [-0.1, -0.05) is 15.9 Å². The van der Waals surface area contributed by atoms with Crippen LogP contribution in [0.2, 0.25) is 0 Å². The molecule has 21 heavy (non-hydrogen) atoms. The van der Waals surface area contributed by atoms with E-state index in [0.29, 0.717) is 12.3 Å². The van der Waals surface area contributed by atoms with E-state index in [2.05, 4.69) is 20.8 Å². The van der Waals surface area contributed by atoms with Crippen LogP contribution in [-0.4, -0.2) is 40.8 Å². The van der Waals surface area contributed by atoms with Crippen LogP contribution in [0.15, 0.2) is 16.6 Å². The summed E-state index contributed by atoms with van der Waals surface area (Å²) in [7, 11) is 1.51. The molecule has 0 aromatic heterocycles. The predicted molar refractivity (Wildman–Crippen MR) is 82.6 cm³/mol. The molecule has 0 amide bonds. The summed E-state index contributed by atoms with van der Waals surface area (Å²) < 4.78 is 5.92. The summed E-state index contributed by atoms with van der Waals surface area (Å²) in [6.07, 6.45) is 1.60. The van der Waals surface area contributed by atoms with Crippen LogP contribution in [0.1, 0.15) is 25.3 Å². The molecule has 116 valence electrons. The third-order valence-corrected chi connectivity index (χ3v) is 4.90. The Morgan fingerprint density at radius 1 is 1.52 bits per heavy atom. The number of aliphatic carboxylic acids is 1. The van der Waals surface area contributed by atoms with Gasteiger partial charge in [0.25, 0.3) is 0 Å². The van der Waals surface area contributed by atoms with Crippen molar-refractivity contribution < 1.29 is 19.7 Å². The zero-order valence-electron chi connectivity index (χ0n) is 12.2. The van der Waals surface area contributed by atoms with E-state index in [1.165, 1.54) is 7.11 Å². The number of carboxylic acid groups (broad SMARTS) is 1. The van der Waals surface area contributed by atoms with Gasteiger partial charge < -0.3 is 14.9 Å². The topological polar surface area (TPSA) is 70.0 Å². The predicted octanol–water partition coefficient (Wildman–Crippen LogP) is 2.85. The summed E-state index contributed by atoms with van der Waals surface area (Å²) in [5, 5.41) is 19.2. The van der Waals surface area contributed by atoms with Crippen molar-refractivity contribution in [3.63, 3.8) is 0 Å². The number of methoxy groups -OCH3 is 1. The number of hydrogen-bond donors (Lipinski definition) is 2. The molecular formula is C15H20BrNO4. The second-order valence-corrected chi connectivity index (χ2v) is 6.27. The number of nitrogens with zero attached hydrogens (tertiary/aromatic N) is 1. The second-order valence-electron chi connectivity index (χ2n) is 5.41. The Hall–Kier alpha value is -1.27. The number of carbonyl (C=O) groups is 1. The molecular weight excluding hydrogens is 338 g/mol. The highest BCUT2D eigenvalue weighted by Crippen LogP contribution is 2.34. The van der Waals surface area contributed by atoms with Gasteiger partial charge in [0.15, 0.2) is 11.5 Å². The molecule has 1 fully saturated rings. The normalized spacial score (nSPS) is 23.0. The molecule has 0 bridgehead atoms. The van der Waals surface area contributed by atoms with Gasteiger partial charge in [0.1, 0.15) is 0 Å². The quantitative estimate of drug-likeness (QED) is 0.866. The fraction of sp³-hybridized carbons (Fsp3) is 0.533. The van der Waals surface area contributed by atoms with E-state index in [9.17, 15) is 15.0 Å². The Bertz CT molecular complexity index is 535. The van der Waals surface area contributed by atoms with Gasteiger partial charge in [0, 0.05) is 17.1 Å². The molecule has 1 heterocycles. The van der Waals surface area contributed by atoms with Crippen LogP contribution < -0.4 is 4.74 Å². The van der Waals surface area contributed by atoms with Crippen molar-refractivity contribution in [2.45, 2.75) is 32.4 Å². The van der Waals surface area contributed by atoms with Crippen LogP contribution >= 0.6 is 15.9 Å². The number of benzene rings is 1. The van der Waals surface area contributed by atoms with Crippen LogP contribution in [0.4, 0.5) is 0 Å². The molecule has 2 atom stereocenters. The highest BCUT2D eigenvalue weighted by Gasteiger charge is 2.33. The van der Waals surface area contributed by atoms with Crippen LogP contribution in [-0.2, 0) is 11.3 Å². The van der Waals surface area contributed by atoms with Crippen LogP contribution in [0.25, 0.3) is 0 Å². The zero-order chi connectivity index (χ0) is 15.6. The number of halogens is 1. The Kier molecular flexibility index (Phi) is 5.11. The van der Waals surface area contributed by atoms with Gasteiger partial charge >= 0.3 is 5.97 Å². The van der Waals surface area contributed by atoms with Crippen molar-refractivity contribution in [3.05, 3.63) is 22.2 Å². The Morgan fingerprint density at radius 3 is 2.86 bits per heavy atom. The Morgan fingerprint density at radius 2 is 2.24 bits per heavy atom. The van der Waals surface area contributed by atoms with E-state index in [1.807, 2.05) is 6.92 Å². The molecule has 0 unspecified atom stereocenters. The summed E-state index contributed by atoms with van der Waals surface area (Å²) in [4.78, 5) is 13.4. The molecule has 0 spiro atoms. The third kappa shape index (κ3) is 3.49. The number of phenols is 1. The lowest BCUT2D eigenvalue weighted by molar-refractivity contribution is -0.145. The third-order valence-electron chi connectivity index (χ3n) is 4.16. The van der Waals surface area contributed by atoms with Gasteiger partial charge in [0.2, 0.25) is 0 Å². The van der Waals surface area contributed by atoms with Crippen LogP contribution in [0, 0.1) is 5.92 Å². The number of carboxylic acids is 1. The molecule has 5 nitrogen and oxygen atoms in total. The summed E-state index contributed by atoms with van der Waals surface area (Å²) in [6.45, 7) is 3.42. The molecule has 1 aliphatic heterocycles. The number of ether oxygens (including phenoxy) is 1. The molecule has 2 rings (SSSR count). The number of hydrogen-bond acceptors (Lipinski definition) is 4. The Labute approximate surface area is 132 Å². The molecule has 0 aliphatic carbocycles. The molecule has 1 aliphatic rings. The maximum Gasteiger partial charge on any atom is 0.308 e. The van der Waals surface area contributed by atoms with Crippen molar-refractivity contribution in [3.8, 4) is 11.5 Å². The maximum absolute atomic E-state index is 11.3. The van der Waals surface area contributed by atoms with Crippen molar-refractivity contribution in [2.24, 2.45) is 5.92 Å². The summed E-state index contributed by atoms with van der Waals surface area (Å²) >= 11 is 3.48.